The van der Waals surface area contributed by atoms with Gasteiger partial charge in [0.15, 0.2) is 6.21 Å². The first kappa shape index (κ1) is 11.8. The SMILES string of the molecule is C[n+]1c(CCC(C)(C)C)c[nH]c1C=NO. The number of aromatic nitrogens is 2. The summed E-state index contributed by atoms with van der Waals surface area (Å²) >= 11 is 0. The monoisotopic (exact) mass is 210 g/mol. The van der Waals surface area contributed by atoms with Crippen molar-refractivity contribution in [3.8, 4) is 0 Å². The van der Waals surface area contributed by atoms with Crippen LogP contribution < -0.4 is 4.57 Å². The standard InChI is InChI=1S/C11H19N3O/c1-11(2,3)6-5-9-7-12-10(8-13-15)14(9)4/h7-8H,5-6H2,1-4H3,(H,12,15)/p+1. The van der Waals surface area contributed by atoms with Crippen LogP contribution in [0.25, 0.3) is 0 Å². The Bertz CT molecular complexity index is 347. The molecule has 0 bridgehead atoms. The molecule has 0 saturated heterocycles. The summed E-state index contributed by atoms with van der Waals surface area (Å²) in [5, 5.41) is 11.5. The van der Waals surface area contributed by atoms with E-state index in [1.54, 1.807) is 0 Å². The molecule has 0 aliphatic heterocycles. The van der Waals surface area contributed by atoms with Gasteiger partial charge in [-0.2, -0.15) is 0 Å². The number of aromatic amines is 1. The lowest BCUT2D eigenvalue weighted by atomic mass is 9.90. The van der Waals surface area contributed by atoms with Crippen molar-refractivity contribution in [3.63, 3.8) is 0 Å². The van der Waals surface area contributed by atoms with E-state index in [2.05, 4.69) is 30.9 Å². The smallest absolute Gasteiger partial charge is 0.301 e. The van der Waals surface area contributed by atoms with Crippen LogP contribution in [0.2, 0.25) is 0 Å². The maximum atomic E-state index is 8.45. The molecule has 4 heteroatoms. The number of rotatable bonds is 3. The molecule has 1 aromatic heterocycles. The molecule has 0 radical (unpaired) electrons. The maximum Gasteiger partial charge on any atom is 0.301 e. The summed E-state index contributed by atoms with van der Waals surface area (Å²) < 4.78 is 2.01. The number of H-pyrrole nitrogens is 1. The van der Waals surface area contributed by atoms with Crippen molar-refractivity contribution in [2.24, 2.45) is 17.6 Å². The highest BCUT2D eigenvalue weighted by atomic mass is 16.4. The van der Waals surface area contributed by atoms with Crippen LogP contribution in [0, 0.1) is 5.41 Å². The minimum Gasteiger partial charge on any atom is -0.411 e. The average Bonchev–Trinajstić information content (AvgIpc) is 2.45. The molecule has 0 spiro atoms. The zero-order valence-electron chi connectivity index (χ0n) is 9.91. The summed E-state index contributed by atoms with van der Waals surface area (Å²) in [4.78, 5) is 3.06. The van der Waals surface area contributed by atoms with E-state index in [1.807, 2.05) is 17.8 Å². The molecule has 0 aliphatic rings. The minimum absolute atomic E-state index is 0.343. The molecule has 0 aromatic carbocycles. The lowest BCUT2D eigenvalue weighted by molar-refractivity contribution is -0.678. The summed E-state index contributed by atoms with van der Waals surface area (Å²) in [6, 6.07) is 0. The largest absolute Gasteiger partial charge is 0.411 e. The van der Waals surface area contributed by atoms with Gasteiger partial charge >= 0.3 is 5.82 Å². The fourth-order valence-electron chi connectivity index (χ4n) is 1.43. The molecule has 0 saturated carbocycles. The lowest BCUT2D eigenvalue weighted by Gasteiger charge is -2.16. The minimum atomic E-state index is 0.343. The second-order valence-electron chi connectivity index (χ2n) is 5.03. The summed E-state index contributed by atoms with van der Waals surface area (Å²) in [5.41, 5.74) is 1.56. The molecule has 0 amide bonds. The second kappa shape index (κ2) is 4.47. The number of nitrogens with one attached hydrogen (secondary N) is 1. The van der Waals surface area contributed by atoms with Crippen LogP contribution >= 0.6 is 0 Å². The van der Waals surface area contributed by atoms with Gasteiger partial charge in [0.2, 0.25) is 0 Å². The highest BCUT2D eigenvalue weighted by Crippen LogP contribution is 2.20. The Hall–Kier alpha value is -1.32. The number of nitrogens with zero attached hydrogens (tertiary/aromatic N) is 2. The Morgan fingerprint density at radius 3 is 2.73 bits per heavy atom. The summed E-state index contributed by atoms with van der Waals surface area (Å²) in [5.74, 6) is 0.807. The summed E-state index contributed by atoms with van der Waals surface area (Å²) in [6.07, 6.45) is 5.52. The topological polar surface area (TPSA) is 52.3 Å². The predicted octanol–water partition coefficient (Wildman–Crippen LogP) is 1.63. The summed E-state index contributed by atoms with van der Waals surface area (Å²) in [6.45, 7) is 6.70. The number of aryl methyl sites for hydroxylation is 1. The molecule has 0 unspecified atom stereocenters. The van der Waals surface area contributed by atoms with Gasteiger partial charge in [-0.15, -0.1) is 0 Å². The highest BCUT2D eigenvalue weighted by molar-refractivity contribution is 5.71. The molecular weight excluding hydrogens is 190 g/mol. The van der Waals surface area contributed by atoms with E-state index in [0.717, 1.165) is 18.7 Å². The third-order valence-corrected chi connectivity index (χ3v) is 2.49. The van der Waals surface area contributed by atoms with Gasteiger partial charge in [0.25, 0.3) is 0 Å². The van der Waals surface area contributed by atoms with Crippen molar-refractivity contribution in [1.29, 1.82) is 0 Å². The van der Waals surface area contributed by atoms with Gasteiger partial charge in [-0.25, -0.2) is 9.55 Å². The van der Waals surface area contributed by atoms with Gasteiger partial charge in [-0.05, 0) is 11.8 Å². The molecular formula is C11H20N3O+. The van der Waals surface area contributed by atoms with Gasteiger partial charge in [-0.1, -0.05) is 25.9 Å². The van der Waals surface area contributed by atoms with Gasteiger partial charge in [0, 0.05) is 6.42 Å². The van der Waals surface area contributed by atoms with Crippen LogP contribution in [-0.2, 0) is 13.5 Å². The third kappa shape index (κ3) is 3.38. The molecule has 84 valence electrons. The fourth-order valence-corrected chi connectivity index (χ4v) is 1.43. The Labute approximate surface area is 90.6 Å². The quantitative estimate of drug-likeness (QED) is 0.339. The molecule has 2 N–H and O–H groups in total. The van der Waals surface area contributed by atoms with E-state index in [4.69, 9.17) is 5.21 Å². The van der Waals surface area contributed by atoms with E-state index >= 15 is 0 Å². The van der Waals surface area contributed by atoms with Crippen molar-refractivity contribution >= 4 is 6.21 Å². The molecule has 0 atom stereocenters. The Balaban J connectivity index is 2.71. The van der Waals surface area contributed by atoms with Crippen LogP contribution in [0.5, 0.6) is 0 Å². The van der Waals surface area contributed by atoms with Crippen LogP contribution in [0.1, 0.15) is 38.7 Å². The van der Waals surface area contributed by atoms with Gasteiger partial charge in [0.05, 0.1) is 7.05 Å². The maximum absolute atomic E-state index is 8.45. The van der Waals surface area contributed by atoms with Gasteiger partial charge in [-0.3, -0.25) is 0 Å². The Kier molecular flexibility index (Phi) is 3.50. The van der Waals surface area contributed by atoms with Crippen molar-refractivity contribution < 1.29 is 9.77 Å². The zero-order chi connectivity index (χ0) is 11.5. The predicted molar refractivity (Wildman–Crippen MR) is 59.1 cm³/mol. The Morgan fingerprint density at radius 1 is 1.53 bits per heavy atom. The molecule has 4 nitrogen and oxygen atoms in total. The molecule has 1 heterocycles. The average molecular weight is 210 g/mol. The second-order valence-corrected chi connectivity index (χ2v) is 5.03. The van der Waals surface area contributed by atoms with Crippen molar-refractivity contribution in [3.05, 3.63) is 17.7 Å². The number of hydrogen-bond donors (Lipinski definition) is 2. The molecule has 0 fully saturated rings. The summed E-state index contributed by atoms with van der Waals surface area (Å²) in [7, 11) is 1.96. The molecule has 1 rings (SSSR count). The van der Waals surface area contributed by atoms with E-state index in [0.29, 0.717) is 5.41 Å². The van der Waals surface area contributed by atoms with E-state index in [9.17, 15) is 0 Å². The first-order valence-electron chi connectivity index (χ1n) is 5.18. The molecule has 1 aromatic rings. The zero-order valence-corrected chi connectivity index (χ0v) is 9.91. The number of oxime groups is 1. The van der Waals surface area contributed by atoms with Crippen molar-refractivity contribution in [1.82, 2.24) is 4.98 Å². The van der Waals surface area contributed by atoms with Gasteiger partial charge in [0.1, 0.15) is 11.9 Å². The highest BCUT2D eigenvalue weighted by Gasteiger charge is 2.16. The third-order valence-electron chi connectivity index (χ3n) is 2.49. The van der Waals surface area contributed by atoms with E-state index in [1.165, 1.54) is 11.9 Å². The van der Waals surface area contributed by atoms with Crippen LogP contribution in [0.4, 0.5) is 0 Å². The van der Waals surface area contributed by atoms with Gasteiger partial charge < -0.3 is 5.21 Å². The normalized spacial score (nSPS) is 12.5. The first-order valence-corrected chi connectivity index (χ1v) is 5.18. The van der Waals surface area contributed by atoms with Crippen LogP contribution in [0.15, 0.2) is 11.4 Å². The molecule has 0 aliphatic carbocycles. The van der Waals surface area contributed by atoms with E-state index < -0.39 is 0 Å². The lowest BCUT2D eigenvalue weighted by Crippen LogP contribution is -2.35. The Morgan fingerprint density at radius 2 is 2.20 bits per heavy atom. The van der Waals surface area contributed by atoms with Crippen LogP contribution in [0.3, 0.4) is 0 Å². The first-order chi connectivity index (χ1) is 6.94. The van der Waals surface area contributed by atoms with E-state index in [-0.39, 0.29) is 0 Å². The molecule has 15 heavy (non-hydrogen) atoms. The fraction of sp³-hybridized carbons (Fsp3) is 0.636. The van der Waals surface area contributed by atoms with Crippen molar-refractivity contribution in [2.45, 2.75) is 33.6 Å². The van der Waals surface area contributed by atoms with Crippen molar-refractivity contribution in [2.75, 3.05) is 0 Å². The number of imidazole rings is 1. The van der Waals surface area contributed by atoms with Crippen LogP contribution in [-0.4, -0.2) is 16.4 Å². The number of hydrogen-bond acceptors (Lipinski definition) is 2.